The lowest BCUT2D eigenvalue weighted by molar-refractivity contribution is 0.100. The molecule has 1 aromatic heterocycles. The number of nitrogens with zero attached hydrogens (tertiary/aromatic N) is 1. The van der Waals surface area contributed by atoms with Gasteiger partial charge < -0.3 is 11.1 Å². The van der Waals surface area contributed by atoms with E-state index in [-0.39, 0.29) is 0 Å². The minimum atomic E-state index is -0.559. The SMILES string of the molecule is CCCCc1nsc(NC(=O)NC)c1C(N)=O. The van der Waals surface area contributed by atoms with Crippen molar-refractivity contribution in [3.8, 4) is 0 Å². The van der Waals surface area contributed by atoms with Gasteiger partial charge in [0.1, 0.15) is 5.00 Å². The summed E-state index contributed by atoms with van der Waals surface area (Å²) in [6.45, 7) is 2.06. The Morgan fingerprint density at radius 3 is 2.71 bits per heavy atom. The number of aromatic nitrogens is 1. The molecule has 4 N–H and O–H groups in total. The van der Waals surface area contributed by atoms with Gasteiger partial charge in [-0.25, -0.2) is 4.79 Å². The van der Waals surface area contributed by atoms with Crippen LogP contribution in [-0.4, -0.2) is 23.4 Å². The van der Waals surface area contributed by atoms with Crippen molar-refractivity contribution in [1.29, 1.82) is 0 Å². The first-order valence-corrected chi connectivity index (χ1v) is 6.14. The lowest BCUT2D eigenvalue weighted by Crippen LogP contribution is -2.25. The molecule has 0 fully saturated rings. The number of hydrogen-bond acceptors (Lipinski definition) is 4. The Bertz CT molecular complexity index is 416. The molecule has 3 amide bonds. The van der Waals surface area contributed by atoms with Crippen LogP contribution >= 0.6 is 11.5 Å². The summed E-state index contributed by atoms with van der Waals surface area (Å²) in [5, 5.41) is 5.36. The summed E-state index contributed by atoms with van der Waals surface area (Å²) in [5.41, 5.74) is 6.29. The van der Waals surface area contributed by atoms with Gasteiger partial charge in [0.15, 0.2) is 0 Å². The molecule has 0 aliphatic carbocycles. The molecule has 1 rings (SSSR count). The van der Waals surface area contributed by atoms with Crippen LogP contribution in [0.15, 0.2) is 0 Å². The van der Waals surface area contributed by atoms with Crippen molar-refractivity contribution >= 4 is 28.5 Å². The lowest BCUT2D eigenvalue weighted by atomic mass is 10.1. The molecule has 17 heavy (non-hydrogen) atoms. The van der Waals surface area contributed by atoms with Crippen molar-refractivity contribution in [2.24, 2.45) is 5.73 Å². The maximum Gasteiger partial charge on any atom is 0.319 e. The summed E-state index contributed by atoms with van der Waals surface area (Å²) >= 11 is 1.08. The number of rotatable bonds is 5. The van der Waals surface area contributed by atoms with Crippen molar-refractivity contribution in [2.45, 2.75) is 26.2 Å². The molecule has 1 heterocycles. The minimum Gasteiger partial charge on any atom is -0.365 e. The Labute approximate surface area is 104 Å². The number of primary amides is 1. The van der Waals surface area contributed by atoms with Gasteiger partial charge >= 0.3 is 6.03 Å². The standard InChI is InChI=1S/C10H16N4O2S/c1-3-4-5-6-7(8(11)15)9(17-14-6)13-10(16)12-2/h3-5H2,1-2H3,(H2,11,15)(H2,12,13,16). The van der Waals surface area contributed by atoms with Gasteiger partial charge in [0.05, 0.1) is 11.3 Å². The number of hydrogen-bond donors (Lipinski definition) is 3. The average molecular weight is 256 g/mol. The molecule has 1 aromatic rings. The van der Waals surface area contributed by atoms with E-state index < -0.39 is 11.9 Å². The number of carbonyl (C=O) groups is 2. The molecule has 0 aliphatic rings. The van der Waals surface area contributed by atoms with Crippen LogP contribution in [0.25, 0.3) is 0 Å². The summed E-state index contributed by atoms with van der Waals surface area (Å²) in [6.07, 6.45) is 2.64. The van der Waals surface area contributed by atoms with E-state index in [1.54, 1.807) is 0 Å². The van der Waals surface area contributed by atoms with Crippen LogP contribution < -0.4 is 16.4 Å². The Kier molecular flexibility index (Phi) is 4.89. The molecule has 94 valence electrons. The Morgan fingerprint density at radius 1 is 1.47 bits per heavy atom. The van der Waals surface area contributed by atoms with Crippen LogP contribution in [0.3, 0.4) is 0 Å². The van der Waals surface area contributed by atoms with Gasteiger partial charge in [-0.3, -0.25) is 10.1 Å². The highest BCUT2D eigenvalue weighted by Crippen LogP contribution is 2.25. The summed E-state index contributed by atoms with van der Waals surface area (Å²) in [4.78, 5) is 22.5. The largest absolute Gasteiger partial charge is 0.365 e. The van der Waals surface area contributed by atoms with E-state index in [1.807, 2.05) is 0 Å². The third-order valence-electron chi connectivity index (χ3n) is 2.23. The molecule has 0 saturated heterocycles. The maximum absolute atomic E-state index is 11.4. The van der Waals surface area contributed by atoms with Crippen molar-refractivity contribution < 1.29 is 9.59 Å². The maximum atomic E-state index is 11.4. The highest BCUT2D eigenvalue weighted by molar-refractivity contribution is 7.11. The molecular weight excluding hydrogens is 240 g/mol. The molecule has 0 atom stereocenters. The third kappa shape index (κ3) is 3.42. The molecule has 0 spiro atoms. The number of aryl methyl sites for hydroxylation is 1. The van der Waals surface area contributed by atoms with Crippen LogP contribution in [0.4, 0.5) is 9.80 Å². The molecular formula is C10H16N4O2S. The van der Waals surface area contributed by atoms with E-state index in [2.05, 4.69) is 21.9 Å². The lowest BCUT2D eigenvalue weighted by Gasteiger charge is -2.03. The van der Waals surface area contributed by atoms with Crippen molar-refractivity contribution in [3.05, 3.63) is 11.3 Å². The van der Waals surface area contributed by atoms with Gasteiger partial charge in [0.2, 0.25) is 0 Å². The molecule has 0 saturated carbocycles. The van der Waals surface area contributed by atoms with Crippen LogP contribution in [-0.2, 0) is 6.42 Å². The zero-order valence-corrected chi connectivity index (χ0v) is 10.7. The molecule has 7 heteroatoms. The Balaban J connectivity index is 2.94. The summed E-state index contributed by atoms with van der Waals surface area (Å²) < 4.78 is 4.16. The second kappa shape index (κ2) is 6.19. The smallest absolute Gasteiger partial charge is 0.319 e. The van der Waals surface area contributed by atoms with Gasteiger partial charge in [-0.15, -0.1) is 0 Å². The van der Waals surface area contributed by atoms with Gasteiger partial charge in [0.25, 0.3) is 5.91 Å². The molecule has 6 nitrogen and oxygen atoms in total. The molecule has 0 bridgehead atoms. The highest BCUT2D eigenvalue weighted by Gasteiger charge is 2.19. The molecule has 0 aliphatic heterocycles. The zero-order valence-electron chi connectivity index (χ0n) is 9.87. The summed E-state index contributed by atoms with van der Waals surface area (Å²) in [7, 11) is 1.50. The van der Waals surface area contributed by atoms with Crippen molar-refractivity contribution in [3.63, 3.8) is 0 Å². The quantitative estimate of drug-likeness (QED) is 0.741. The average Bonchev–Trinajstić information content (AvgIpc) is 2.69. The Morgan fingerprint density at radius 2 is 2.18 bits per heavy atom. The fourth-order valence-corrected chi connectivity index (χ4v) is 2.18. The number of unbranched alkanes of at least 4 members (excludes halogenated alkanes) is 1. The number of carbonyl (C=O) groups excluding carboxylic acids is 2. The van der Waals surface area contributed by atoms with E-state index in [4.69, 9.17) is 5.73 Å². The second-order valence-corrected chi connectivity index (χ2v) is 4.28. The van der Waals surface area contributed by atoms with Crippen LogP contribution in [0.5, 0.6) is 0 Å². The highest BCUT2D eigenvalue weighted by atomic mass is 32.1. The number of amides is 3. The number of urea groups is 1. The van der Waals surface area contributed by atoms with Crippen molar-refractivity contribution in [1.82, 2.24) is 9.69 Å². The number of nitrogens with one attached hydrogen (secondary N) is 2. The van der Waals surface area contributed by atoms with E-state index in [0.29, 0.717) is 22.7 Å². The normalized spacial score (nSPS) is 10.0. The van der Waals surface area contributed by atoms with E-state index in [1.165, 1.54) is 7.05 Å². The van der Waals surface area contributed by atoms with E-state index in [9.17, 15) is 9.59 Å². The molecule has 0 aromatic carbocycles. The van der Waals surface area contributed by atoms with Gasteiger partial charge in [-0.2, -0.15) is 4.37 Å². The van der Waals surface area contributed by atoms with E-state index >= 15 is 0 Å². The van der Waals surface area contributed by atoms with Gasteiger partial charge in [0, 0.05) is 7.05 Å². The van der Waals surface area contributed by atoms with Crippen molar-refractivity contribution in [2.75, 3.05) is 12.4 Å². The zero-order chi connectivity index (χ0) is 12.8. The van der Waals surface area contributed by atoms with Crippen LogP contribution in [0.1, 0.15) is 35.8 Å². The third-order valence-corrected chi connectivity index (χ3v) is 3.03. The molecule has 0 radical (unpaired) electrons. The first kappa shape index (κ1) is 13.4. The fourth-order valence-electron chi connectivity index (χ4n) is 1.34. The summed E-state index contributed by atoms with van der Waals surface area (Å²) in [6, 6.07) is -0.391. The second-order valence-electron chi connectivity index (χ2n) is 3.51. The number of nitrogens with two attached hydrogens (primary N) is 1. The van der Waals surface area contributed by atoms with Gasteiger partial charge in [-0.1, -0.05) is 13.3 Å². The van der Waals surface area contributed by atoms with E-state index in [0.717, 1.165) is 24.4 Å². The van der Waals surface area contributed by atoms with Gasteiger partial charge in [-0.05, 0) is 24.4 Å². The van der Waals surface area contributed by atoms with Crippen LogP contribution in [0.2, 0.25) is 0 Å². The minimum absolute atomic E-state index is 0.326. The fraction of sp³-hybridized carbons (Fsp3) is 0.500. The first-order valence-electron chi connectivity index (χ1n) is 5.37. The predicted molar refractivity (Wildman–Crippen MR) is 67.3 cm³/mol. The summed E-state index contributed by atoms with van der Waals surface area (Å²) in [5.74, 6) is -0.559. The first-order chi connectivity index (χ1) is 8.10. The topological polar surface area (TPSA) is 97.1 Å². The Hall–Kier alpha value is -1.63. The van der Waals surface area contributed by atoms with Crippen LogP contribution in [0, 0.1) is 0 Å². The molecule has 0 unspecified atom stereocenters. The monoisotopic (exact) mass is 256 g/mol. The predicted octanol–water partition coefficient (Wildman–Crippen LogP) is 1.34. The number of anilines is 1.